The van der Waals surface area contributed by atoms with Gasteiger partial charge in [-0.05, 0) is 69.7 Å². The summed E-state index contributed by atoms with van der Waals surface area (Å²) in [6.45, 7) is 4.56. The molecule has 9 N–H and O–H groups in total. The zero-order valence-electron chi connectivity index (χ0n) is 28.2. The number of likely N-dealkylation sites (N-methyl/N-ethyl adjacent to an activating group) is 1. The molecule has 4 amide bonds. The lowest BCUT2D eigenvalue weighted by Gasteiger charge is -2.40. The second-order valence-corrected chi connectivity index (χ2v) is 12.4. The van der Waals surface area contributed by atoms with Crippen molar-refractivity contribution < 1.29 is 29.1 Å². The van der Waals surface area contributed by atoms with Crippen molar-refractivity contribution >= 4 is 29.6 Å². The monoisotopic (exact) mass is 677 g/mol. The molecule has 1 saturated heterocycles. The third-order valence-corrected chi connectivity index (χ3v) is 8.96. The smallest absolute Gasteiger partial charge is 0.324 e. The first-order valence-corrected chi connectivity index (χ1v) is 16.8. The average molecular weight is 678 g/mol. The zero-order valence-corrected chi connectivity index (χ0v) is 28.2. The van der Waals surface area contributed by atoms with Gasteiger partial charge in [-0.3, -0.25) is 24.0 Å². The topological polar surface area (TPSA) is 209 Å². The number of nitrogens with two attached hydrogens (primary N) is 2. The number of carbonyl (C=O) groups is 5. The van der Waals surface area contributed by atoms with Crippen LogP contribution in [0.5, 0.6) is 0 Å². The zero-order chi connectivity index (χ0) is 35.8. The number of carboxylic acid groups (broad SMARTS) is 1. The molecule has 1 aliphatic rings. The first-order chi connectivity index (χ1) is 23.5. The van der Waals surface area contributed by atoms with E-state index in [4.69, 9.17) is 11.5 Å². The summed E-state index contributed by atoms with van der Waals surface area (Å²) < 4.78 is 0. The van der Waals surface area contributed by atoms with E-state index in [0.717, 1.165) is 11.1 Å². The van der Waals surface area contributed by atoms with Crippen LogP contribution >= 0.6 is 0 Å². The van der Waals surface area contributed by atoms with Crippen LogP contribution in [0.2, 0.25) is 0 Å². The van der Waals surface area contributed by atoms with E-state index in [1.165, 1.54) is 6.08 Å². The minimum atomic E-state index is -1.12. The first-order valence-electron chi connectivity index (χ1n) is 16.8. The lowest BCUT2D eigenvalue weighted by molar-refractivity contribution is -0.149. The first kappa shape index (κ1) is 38.9. The van der Waals surface area contributed by atoms with Gasteiger partial charge in [0.15, 0.2) is 0 Å². The van der Waals surface area contributed by atoms with Crippen LogP contribution in [0.1, 0.15) is 49.7 Å². The molecule has 0 aliphatic carbocycles. The Morgan fingerprint density at radius 3 is 1.90 bits per heavy atom. The number of nitrogens with zero attached hydrogens (tertiary/aromatic N) is 1. The number of unbranched alkanes of at least 4 members (excludes halogenated alkanes) is 1. The van der Waals surface area contributed by atoms with Crippen LogP contribution in [0.15, 0.2) is 73.3 Å². The molecule has 2 aromatic carbocycles. The Labute approximate surface area is 288 Å². The minimum absolute atomic E-state index is 0.0633. The summed E-state index contributed by atoms with van der Waals surface area (Å²) in [4.78, 5) is 67.7. The van der Waals surface area contributed by atoms with Crippen molar-refractivity contribution in [1.29, 1.82) is 0 Å². The summed E-state index contributed by atoms with van der Waals surface area (Å²) in [7, 11) is 1.59. The van der Waals surface area contributed by atoms with Gasteiger partial charge < -0.3 is 42.7 Å². The van der Waals surface area contributed by atoms with Crippen LogP contribution in [-0.2, 0) is 36.8 Å². The Morgan fingerprint density at radius 1 is 0.837 bits per heavy atom. The lowest BCUT2D eigenvalue weighted by atomic mass is 9.87. The SMILES string of the molecule is C=CC[C@@H](NC(=O)[C@@H](Cc1ccccc1)NC(=O)[C@H](N)Cc1ccccc1)C(=O)N[C@H](CCCCN)C(=O)N1CCC(NC)(C(=O)O)CC1. The van der Waals surface area contributed by atoms with Crippen molar-refractivity contribution in [3.05, 3.63) is 84.4 Å². The van der Waals surface area contributed by atoms with Gasteiger partial charge in [0.1, 0.15) is 23.7 Å². The fourth-order valence-electron chi connectivity index (χ4n) is 5.89. The largest absolute Gasteiger partial charge is 0.480 e. The van der Waals surface area contributed by atoms with Gasteiger partial charge in [0.05, 0.1) is 6.04 Å². The summed E-state index contributed by atoms with van der Waals surface area (Å²) in [5.74, 6) is -2.99. The predicted molar refractivity (Wildman–Crippen MR) is 187 cm³/mol. The van der Waals surface area contributed by atoms with E-state index in [9.17, 15) is 29.1 Å². The third-order valence-electron chi connectivity index (χ3n) is 8.96. The van der Waals surface area contributed by atoms with Crippen LogP contribution in [0.3, 0.4) is 0 Å². The number of aliphatic carboxylic acids is 1. The Kier molecular flexibility index (Phi) is 15.4. The maximum Gasteiger partial charge on any atom is 0.324 e. The molecule has 0 saturated carbocycles. The van der Waals surface area contributed by atoms with E-state index < -0.39 is 53.4 Å². The third kappa shape index (κ3) is 11.5. The molecule has 3 rings (SSSR count). The van der Waals surface area contributed by atoms with Crippen molar-refractivity contribution in [3.8, 4) is 0 Å². The van der Waals surface area contributed by atoms with Crippen molar-refractivity contribution in [1.82, 2.24) is 26.2 Å². The second-order valence-electron chi connectivity index (χ2n) is 12.4. The van der Waals surface area contributed by atoms with Gasteiger partial charge in [0.25, 0.3) is 0 Å². The predicted octanol–water partition coefficient (Wildman–Crippen LogP) is 0.624. The van der Waals surface area contributed by atoms with Crippen LogP contribution in [0, 0.1) is 0 Å². The molecule has 13 nitrogen and oxygen atoms in total. The number of carbonyl (C=O) groups excluding carboxylic acids is 4. The van der Waals surface area contributed by atoms with Crippen LogP contribution < -0.4 is 32.7 Å². The number of likely N-dealkylation sites (tertiary alicyclic amines) is 1. The van der Waals surface area contributed by atoms with E-state index >= 15 is 0 Å². The Hall–Kier alpha value is -4.59. The molecule has 0 spiro atoms. The number of nitrogens with one attached hydrogen (secondary N) is 4. The number of amides is 4. The van der Waals surface area contributed by atoms with Crippen LogP contribution in [0.25, 0.3) is 0 Å². The van der Waals surface area contributed by atoms with Crippen molar-refractivity contribution in [2.45, 2.75) is 81.1 Å². The Morgan fingerprint density at radius 2 is 1.37 bits per heavy atom. The van der Waals surface area contributed by atoms with E-state index in [1.807, 2.05) is 60.7 Å². The lowest BCUT2D eigenvalue weighted by Crippen LogP contribution is -2.61. The molecule has 13 heteroatoms. The molecule has 0 radical (unpaired) electrons. The van der Waals surface area contributed by atoms with Crippen molar-refractivity contribution in [2.75, 3.05) is 26.7 Å². The fraction of sp³-hybridized carbons (Fsp3) is 0.472. The molecule has 0 aromatic heterocycles. The number of rotatable bonds is 19. The maximum absolute atomic E-state index is 13.8. The highest BCUT2D eigenvalue weighted by molar-refractivity contribution is 5.95. The van der Waals surface area contributed by atoms with Gasteiger partial charge in [0, 0.05) is 19.5 Å². The molecule has 4 atom stereocenters. The minimum Gasteiger partial charge on any atom is -0.480 e. The summed E-state index contributed by atoms with van der Waals surface area (Å²) in [5.41, 5.74) is 12.5. The highest BCUT2D eigenvalue weighted by atomic mass is 16.4. The molecule has 1 heterocycles. The highest BCUT2D eigenvalue weighted by Gasteiger charge is 2.42. The van der Waals surface area contributed by atoms with E-state index in [-0.39, 0.29) is 51.1 Å². The summed E-state index contributed by atoms with van der Waals surface area (Å²) in [6.07, 6.45) is 3.94. The summed E-state index contributed by atoms with van der Waals surface area (Å²) in [5, 5.41) is 20.9. The normalized spacial score (nSPS) is 16.3. The molecule has 266 valence electrons. The highest BCUT2D eigenvalue weighted by Crippen LogP contribution is 2.23. The van der Waals surface area contributed by atoms with Crippen molar-refractivity contribution in [2.24, 2.45) is 11.5 Å². The number of hydrogen-bond acceptors (Lipinski definition) is 8. The number of piperidine rings is 1. The molecule has 2 aromatic rings. The van der Waals surface area contributed by atoms with Crippen molar-refractivity contribution in [3.63, 3.8) is 0 Å². The van der Waals surface area contributed by atoms with Gasteiger partial charge >= 0.3 is 5.97 Å². The van der Waals surface area contributed by atoms with Crippen LogP contribution in [0.4, 0.5) is 0 Å². The van der Waals surface area contributed by atoms with Gasteiger partial charge in [-0.1, -0.05) is 66.7 Å². The number of benzene rings is 2. The number of carboxylic acids is 1. The standard InChI is InChI=1S/C36H51N7O6/c1-3-12-28(32(45)41-29(17-10-11-20-37)34(47)43-21-18-36(39-2,19-22-43)35(48)49)40-33(46)30(24-26-15-8-5-9-16-26)42-31(44)27(38)23-25-13-6-4-7-14-25/h3-9,13-16,27-30,39H,1,10-12,17-24,37-38H2,2H3,(H,40,46)(H,41,45)(H,42,44)(H,48,49)/t27-,28-,29-,30-/m1/s1. The van der Waals surface area contributed by atoms with Gasteiger partial charge in [0.2, 0.25) is 23.6 Å². The molecule has 1 aliphatic heterocycles. The van der Waals surface area contributed by atoms with Gasteiger partial charge in [-0.2, -0.15) is 0 Å². The van der Waals surface area contributed by atoms with E-state index in [2.05, 4.69) is 27.8 Å². The summed E-state index contributed by atoms with van der Waals surface area (Å²) >= 11 is 0. The molecule has 49 heavy (non-hydrogen) atoms. The number of hydrogen-bond donors (Lipinski definition) is 7. The average Bonchev–Trinajstić information content (AvgIpc) is 3.11. The van der Waals surface area contributed by atoms with Crippen LogP contribution in [-0.4, -0.2) is 96.0 Å². The van der Waals surface area contributed by atoms with Gasteiger partial charge in [-0.25, -0.2) is 0 Å². The maximum atomic E-state index is 13.8. The molecular weight excluding hydrogens is 626 g/mol. The Bertz CT molecular complexity index is 1400. The Balaban J connectivity index is 1.74. The molecule has 1 fully saturated rings. The van der Waals surface area contributed by atoms with E-state index in [0.29, 0.717) is 25.8 Å². The fourth-order valence-corrected chi connectivity index (χ4v) is 5.89. The van der Waals surface area contributed by atoms with Gasteiger partial charge in [-0.15, -0.1) is 6.58 Å². The second kappa shape index (κ2) is 19.4. The molecule has 0 unspecified atom stereocenters. The van der Waals surface area contributed by atoms with E-state index in [1.54, 1.807) is 11.9 Å². The molecule has 0 bridgehead atoms. The molecular formula is C36H51N7O6. The quantitative estimate of drug-likeness (QED) is 0.0820. The summed E-state index contributed by atoms with van der Waals surface area (Å²) in [6, 6.07) is 14.5.